The number of hydrogen-bond donors (Lipinski definition) is 2. The van der Waals surface area contributed by atoms with Gasteiger partial charge in [0.2, 0.25) is 5.91 Å². The third kappa shape index (κ3) is 1.84. The van der Waals surface area contributed by atoms with E-state index >= 15 is 0 Å². The molecule has 1 saturated heterocycles. The SMILES string of the molecule is O=C(O)C1CC(=O)N1C1CCC(O)CC1. The Morgan fingerprint density at radius 2 is 1.87 bits per heavy atom. The van der Waals surface area contributed by atoms with Gasteiger partial charge in [-0.25, -0.2) is 4.79 Å². The number of likely N-dealkylation sites (tertiary alicyclic amines) is 1. The minimum absolute atomic E-state index is 0.0238. The predicted molar refractivity (Wildman–Crippen MR) is 51.1 cm³/mol. The van der Waals surface area contributed by atoms with Crippen LogP contribution >= 0.6 is 0 Å². The first-order valence-electron chi connectivity index (χ1n) is 5.31. The molecule has 0 aromatic rings. The standard InChI is InChI=1S/C10H15NO4/c12-7-3-1-6(2-4-7)11-8(10(14)15)5-9(11)13/h6-8,12H,1-5H2,(H,14,15). The lowest BCUT2D eigenvalue weighted by atomic mass is 9.87. The van der Waals surface area contributed by atoms with Gasteiger partial charge in [0.15, 0.2) is 0 Å². The van der Waals surface area contributed by atoms with Crippen molar-refractivity contribution in [3.05, 3.63) is 0 Å². The minimum Gasteiger partial charge on any atom is -0.480 e. The summed E-state index contributed by atoms with van der Waals surface area (Å²) < 4.78 is 0. The Hall–Kier alpha value is -1.10. The molecule has 15 heavy (non-hydrogen) atoms. The molecular weight excluding hydrogens is 198 g/mol. The summed E-state index contributed by atoms with van der Waals surface area (Å²) in [6.45, 7) is 0. The van der Waals surface area contributed by atoms with Crippen LogP contribution < -0.4 is 0 Å². The van der Waals surface area contributed by atoms with Gasteiger partial charge in [-0.15, -0.1) is 0 Å². The number of carboxylic acid groups (broad SMARTS) is 1. The number of aliphatic hydroxyl groups is 1. The maximum atomic E-state index is 11.3. The Bertz CT molecular complexity index is 283. The molecule has 2 N–H and O–H groups in total. The van der Waals surface area contributed by atoms with Crippen LogP contribution in [-0.2, 0) is 9.59 Å². The minimum atomic E-state index is -0.916. The van der Waals surface area contributed by atoms with E-state index in [0.717, 1.165) is 12.8 Å². The van der Waals surface area contributed by atoms with Gasteiger partial charge in [0.1, 0.15) is 6.04 Å². The maximum Gasteiger partial charge on any atom is 0.326 e. The first-order chi connectivity index (χ1) is 7.09. The highest BCUT2D eigenvalue weighted by molar-refractivity contribution is 5.94. The molecule has 0 aromatic carbocycles. The number of hydrogen-bond acceptors (Lipinski definition) is 3. The van der Waals surface area contributed by atoms with Gasteiger partial charge in [-0.2, -0.15) is 0 Å². The molecule has 0 radical (unpaired) electrons. The number of rotatable bonds is 2. The van der Waals surface area contributed by atoms with Crippen LogP contribution in [0.15, 0.2) is 0 Å². The van der Waals surface area contributed by atoms with Crippen LogP contribution in [-0.4, -0.2) is 45.2 Å². The largest absolute Gasteiger partial charge is 0.480 e. The van der Waals surface area contributed by atoms with Crippen molar-refractivity contribution < 1.29 is 19.8 Å². The lowest BCUT2D eigenvalue weighted by Gasteiger charge is -2.45. The fourth-order valence-corrected chi connectivity index (χ4v) is 2.43. The van der Waals surface area contributed by atoms with Crippen LogP contribution in [0.4, 0.5) is 0 Å². The zero-order chi connectivity index (χ0) is 11.0. The summed E-state index contributed by atoms with van der Waals surface area (Å²) in [6, 6.07) is -0.603. The van der Waals surface area contributed by atoms with Gasteiger partial charge in [0, 0.05) is 6.04 Å². The smallest absolute Gasteiger partial charge is 0.326 e. The second-order valence-electron chi connectivity index (χ2n) is 4.32. The lowest BCUT2D eigenvalue weighted by molar-refractivity contribution is -0.166. The average molecular weight is 213 g/mol. The first kappa shape index (κ1) is 10.4. The van der Waals surface area contributed by atoms with Crippen LogP contribution in [0.3, 0.4) is 0 Å². The monoisotopic (exact) mass is 213 g/mol. The summed E-state index contributed by atoms with van der Waals surface area (Å²) >= 11 is 0. The molecule has 2 aliphatic rings. The zero-order valence-corrected chi connectivity index (χ0v) is 8.43. The van der Waals surface area contributed by atoms with Gasteiger partial charge < -0.3 is 15.1 Å². The van der Waals surface area contributed by atoms with Gasteiger partial charge in [0.25, 0.3) is 0 Å². The van der Waals surface area contributed by atoms with Crippen molar-refractivity contribution >= 4 is 11.9 Å². The van der Waals surface area contributed by atoms with Crippen LogP contribution in [0.1, 0.15) is 32.1 Å². The van der Waals surface area contributed by atoms with E-state index in [0.29, 0.717) is 12.8 Å². The Balaban J connectivity index is 1.97. The van der Waals surface area contributed by atoms with Crippen molar-refractivity contribution in [1.82, 2.24) is 4.90 Å². The summed E-state index contributed by atoms with van der Waals surface area (Å²) in [4.78, 5) is 23.6. The average Bonchev–Trinajstić information content (AvgIpc) is 2.17. The topological polar surface area (TPSA) is 77.8 Å². The molecule has 1 aliphatic carbocycles. The number of aliphatic hydroxyl groups excluding tert-OH is 1. The van der Waals surface area contributed by atoms with Gasteiger partial charge in [0.05, 0.1) is 12.5 Å². The molecule has 1 aliphatic heterocycles. The van der Waals surface area contributed by atoms with E-state index in [-0.39, 0.29) is 24.5 Å². The van der Waals surface area contributed by atoms with E-state index in [4.69, 9.17) is 5.11 Å². The van der Waals surface area contributed by atoms with Crippen molar-refractivity contribution in [2.75, 3.05) is 0 Å². The lowest BCUT2D eigenvalue weighted by Crippen LogP contribution is -2.61. The number of carboxylic acids is 1. The number of β-lactam (4-membered cyclic amide) rings is 1. The summed E-state index contributed by atoms with van der Waals surface area (Å²) in [5.74, 6) is -0.982. The molecule has 2 fully saturated rings. The second kappa shape index (κ2) is 3.81. The molecule has 1 atom stereocenters. The van der Waals surface area contributed by atoms with Crippen LogP contribution in [0.2, 0.25) is 0 Å². The molecule has 1 amide bonds. The fourth-order valence-electron chi connectivity index (χ4n) is 2.43. The molecule has 84 valence electrons. The Kier molecular flexibility index (Phi) is 2.65. The summed E-state index contributed by atoms with van der Waals surface area (Å²) in [6.07, 6.45) is 2.63. The predicted octanol–water partition coefficient (Wildman–Crippen LogP) is -0.0246. The summed E-state index contributed by atoms with van der Waals surface area (Å²) in [5.41, 5.74) is 0. The van der Waals surface area contributed by atoms with Gasteiger partial charge in [-0.1, -0.05) is 0 Å². The molecule has 0 aromatic heterocycles. The normalized spacial score (nSPS) is 36.2. The van der Waals surface area contributed by atoms with Crippen LogP contribution in [0.25, 0.3) is 0 Å². The number of amides is 1. The molecule has 1 heterocycles. The van der Waals surface area contributed by atoms with Crippen molar-refractivity contribution in [3.8, 4) is 0 Å². The van der Waals surface area contributed by atoms with Crippen molar-refractivity contribution in [1.29, 1.82) is 0 Å². The molecule has 5 nitrogen and oxygen atoms in total. The van der Waals surface area contributed by atoms with Gasteiger partial charge >= 0.3 is 5.97 Å². The zero-order valence-electron chi connectivity index (χ0n) is 8.43. The van der Waals surface area contributed by atoms with Gasteiger partial charge in [-0.05, 0) is 25.7 Å². The fraction of sp³-hybridized carbons (Fsp3) is 0.800. The van der Waals surface area contributed by atoms with Crippen molar-refractivity contribution in [2.24, 2.45) is 0 Å². The summed E-state index contributed by atoms with van der Waals surface area (Å²) in [7, 11) is 0. The molecular formula is C10H15NO4. The van der Waals surface area contributed by atoms with Crippen molar-refractivity contribution in [3.63, 3.8) is 0 Å². The second-order valence-corrected chi connectivity index (χ2v) is 4.32. The van der Waals surface area contributed by atoms with E-state index in [1.165, 1.54) is 4.90 Å². The maximum absolute atomic E-state index is 11.3. The number of nitrogens with zero attached hydrogens (tertiary/aromatic N) is 1. The van der Waals surface area contributed by atoms with Crippen LogP contribution in [0, 0.1) is 0 Å². The highest BCUT2D eigenvalue weighted by Crippen LogP contribution is 2.31. The number of carbonyl (C=O) groups excluding carboxylic acids is 1. The van der Waals surface area contributed by atoms with E-state index in [9.17, 15) is 14.7 Å². The van der Waals surface area contributed by atoms with E-state index < -0.39 is 12.0 Å². The molecule has 0 spiro atoms. The molecule has 5 heteroatoms. The van der Waals surface area contributed by atoms with Crippen molar-refractivity contribution in [2.45, 2.75) is 50.3 Å². The quantitative estimate of drug-likeness (QED) is 0.632. The molecule has 1 saturated carbocycles. The highest BCUT2D eigenvalue weighted by Gasteiger charge is 2.45. The van der Waals surface area contributed by atoms with E-state index in [1.807, 2.05) is 0 Å². The van der Waals surface area contributed by atoms with E-state index in [2.05, 4.69) is 0 Å². The molecule has 0 bridgehead atoms. The Morgan fingerprint density at radius 3 is 2.33 bits per heavy atom. The van der Waals surface area contributed by atoms with Gasteiger partial charge in [-0.3, -0.25) is 4.79 Å². The Morgan fingerprint density at radius 1 is 1.27 bits per heavy atom. The third-order valence-corrected chi connectivity index (χ3v) is 3.34. The number of carbonyl (C=O) groups is 2. The van der Waals surface area contributed by atoms with Crippen LogP contribution in [0.5, 0.6) is 0 Å². The third-order valence-electron chi connectivity index (χ3n) is 3.34. The highest BCUT2D eigenvalue weighted by atomic mass is 16.4. The summed E-state index contributed by atoms with van der Waals surface area (Å²) in [5, 5.41) is 18.2. The molecule has 2 rings (SSSR count). The first-order valence-corrected chi connectivity index (χ1v) is 5.31. The number of aliphatic carboxylic acids is 1. The molecule has 1 unspecified atom stereocenters. The Labute approximate surface area is 87.7 Å². The van der Waals surface area contributed by atoms with E-state index in [1.54, 1.807) is 0 Å².